The van der Waals surface area contributed by atoms with Gasteiger partial charge in [-0.25, -0.2) is 0 Å². The fourth-order valence-corrected chi connectivity index (χ4v) is 2.41. The van der Waals surface area contributed by atoms with E-state index in [2.05, 4.69) is 5.32 Å². The number of amides is 1. The predicted octanol–water partition coefficient (Wildman–Crippen LogP) is 2.32. The summed E-state index contributed by atoms with van der Waals surface area (Å²) in [7, 11) is -1.05. The van der Waals surface area contributed by atoms with Crippen molar-refractivity contribution >= 4 is 28.3 Å². The molecular weight excluding hydrogens is 296 g/mol. The molecule has 0 aliphatic heterocycles. The molecule has 1 atom stereocenters. The van der Waals surface area contributed by atoms with Crippen molar-refractivity contribution in [2.75, 3.05) is 11.6 Å². The Balaban J connectivity index is 2.19. The van der Waals surface area contributed by atoms with Crippen LogP contribution in [0.1, 0.15) is 16.1 Å². The summed E-state index contributed by atoms with van der Waals surface area (Å²) in [5.41, 5.74) is 1.21. The number of nitrogens with zero attached hydrogens (tertiary/aromatic N) is 1. The lowest BCUT2D eigenvalue weighted by Gasteiger charge is -2.08. The van der Waals surface area contributed by atoms with E-state index < -0.39 is 27.5 Å². The minimum Gasteiger partial charge on any atom is -0.395 e. The third-order valence-corrected chi connectivity index (χ3v) is 3.34. The molecule has 1 heterocycles. The van der Waals surface area contributed by atoms with Crippen LogP contribution in [-0.2, 0) is 16.6 Å². The second-order valence-corrected chi connectivity index (χ2v) is 5.66. The first-order valence-electron chi connectivity index (χ1n) is 5.91. The second-order valence-electron chi connectivity index (χ2n) is 4.22. The highest BCUT2D eigenvalue weighted by Crippen LogP contribution is 2.20. The molecule has 7 nitrogen and oxygen atoms in total. The van der Waals surface area contributed by atoms with Crippen LogP contribution in [-0.4, -0.2) is 21.3 Å². The molecule has 1 aromatic heterocycles. The maximum atomic E-state index is 12.0. The number of nitro groups is 1. The Bertz CT molecular complexity index is 710. The van der Waals surface area contributed by atoms with E-state index in [1.165, 1.54) is 6.07 Å². The van der Waals surface area contributed by atoms with Gasteiger partial charge < -0.3 is 9.73 Å². The van der Waals surface area contributed by atoms with Crippen LogP contribution in [0, 0.1) is 10.1 Å². The van der Waals surface area contributed by atoms with Gasteiger partial charge in [-0.1, -0.05) is 18.2 Å². The van der Waals surface area contributed by atoms with Gasteiger partial charge >= 0.3 is 5.88 Å². The van der Waals surface area contributed by atoms with E-state index in [9.17, 15) is 19.1 Å². The molecule has 0 aliphatic carbocycles. The number of rotatable bonds is 5. The van der Waals surface area contributed by atoms with Gasteiger partial charge in [-0.2, -0.15) is 0 Å². The molecule has 2 aromatic rings. The molecule has 1 unspecified atom stereocenters. The smallest absolute Gasteiger partial charge is 0.395 e. The fourth-order valence-electron chi connectivity index (χ4n) is 1.72. The summed E-state index contributed by atoms with van der Waals surface area (Å²) in [5, 5.41) is 13.1. The third kappa shape index (κ3) is 3.76. The lowest BCUT2D eigenvalue weighted by Crippen LogP contribution is -2.12. The van der Waals surface area contributed by atoms with Crippen molar-refractivity contribution in [1.29, 1.82) is 0 Å². The molecule has 1 amide bonds. The second kappa shape index (κ2) is 6.31. The van der Waals surface area contributed by atoms with Gasteiger partial charge in [-0.15, -0.1) is 0 Å². The Labute approximate surface area is 122 Å². The zero-order valence-electron chi connectivity index (χ0n) is 11.1. The van der Waals surface area contributed by atoms with Crippen LogP contribution >= 0.6 is 0 Å². The topological polar surface area (TPSA) is 102 Å². The summed E-state index contributed by atoms with van der Waals surface area (Å²) in [4.78, 5) is 21.8. The lowest BCUT2D eigenvalue weighted by molar-refractivity contribution is -0.402. The largest absolute Gasteiger partial charge is 0.433 e. The highest BCUT2D eigenvalue weighted by molar-refractivity contribution is 7.83. The van der Waals surface area contributed by atoms with E-state index in [4.69, 9.17) is 4.42 Å². The molecule has 0 fully saturated rings. The SMILES string of the molecule is CS(=O)Cc1ccccc1NC(=O)c1ccc([N+](=O)[O-])o1. The molecule has 0 bridgehead atoms. The molecule has 0 saturated carbocycles. The molecule has 0 aliphatic rings. The zero-order chi connectivity index (χ0) is 15.4. The van der Waals surface area contributed by atoms with Crippen LogP contribution in [0.5, 0.6) is 0 Å². The van der Waals surface area contributed by atoms with Crippen LogP contribution in [0.4, 0.5) is 11.6 Å². The van der Waals surface area contributed by atoms with Gasteiger partial charge in [0.2, 0.25) is 0 Å². The van der Waals surface area contributed by atoms with Gasteiger partial charge in [0.1, 0.15) is 4.92 Å². The van der Waals surface area contributed by atoms with Gasteiger partial charge in [0, 0.05) is 22.7 Å². The Hall–Kier alpha value is -2.48. The van der Waals surface area contributed by atoms with E-state index in [0.717, 1.165) is 6.07 Å². The lowest BCUT2D eigenvalue weighted by atomic mass is 10.2. The summed E-state index contributed by atoms with van der Waals surface area (Å²) in [5.74, 6) is -0.955. The number of hydrogen-bond acceptors (Lipinski definition) is 5. The third-order valence-electron chi connectivity index (χ3n) is 2.62. The first-order valence-corrected chi connectivity index (χ1v) is 7.63. The summed E-state index contributed by atoms with van der Waals surface area (Å²) in [6.07, 6.45) is 1.56. The molecule has 2 rings (SSSR count). The van der Waals surface area contributed by atoms with Crippen molar-refractivity contribution in [3.05, 3.63) is 57.8 Å². The van der Waals surface area contributed by atoms with Crippen molar-refractivity contribution in [3.63, 3.8) is 0 Å². The van der Waals surface area contributed by atoms with Crippen LogP contribution in [0.15, 0.2) is 40.8 Å². The van der Waals surface area contributed by atoms with Crippen molar-refractivity contribution in [1.82, 2.24) is 0 Å². The molecule has 21 heavy (non-hydrogen) atoms. The van der Waals surface area contributed by atoms with E-state index in [0.29, 0.717) is 17.0 Å². The Morgan fingerprint density at radius 1 is 1.33 bits per heavy atom. The van der Waals surface area contributed by atoms with Gasteiger partial charge in [0.15, 0.2) is 5.76 Å². The standard InChI is InChI=1S/C13H12N2O5S/c1-21(19)8-9-4-2-3-5-10(9)14-13(16)11-6-7-12(20-11)15(17)18/h2-7H,8H2,1H3,(H,14,16). The van der Waals surface area contributed by atoms with E-state index >= 15 is 0 Å². The number of hydrogen-bond donors (Lipinski definition) is 1. The monoisotopic (exact) mass is 308 g/mol. The summed E-state index contributed by atoms with van der Waals surface area (Å²) in [6, 6.07) is 9.26. The molecule has 1 aromatic carbocycles. The molecule has 110 valence electrons. The summed E-state index contributed by atoms with van der Waals surface area (Å²) in [6.45, 7) is 0. The Morgan fingerprint density at radius 2 is 2.05 bits per heavy atom. The first kappa shape index (κ1) is 14.9. The number of para-hydroxylation sites is 1. The summed E-state index contributed by atoms with van der Waals surface area (Å²) < 4.78 is 16.1. The van der Waals surface area contributed by atoms with Crippen LogP contribution < -0.4 is 5.32 Å². The summed E-state index contributed by atoms with van der Waals surface area (Å²) >= 11 is 0. The van der Waals surface area contributed by atoms with E-state index in [1.54, 1.807) is 30.5 Å². The molecular formula is C13H12N2O5S. The Morgan fingerprint density at radius 3 is 2.67 bits per heavy atom. The zero-order valence-corrected chi connectivity index (χ0v) is 11.9. The number of carbonyl (C=O) groups is 1. The molecule has 1 N–H and O–H groups in total. The van der Waals surface area contributed by atoms with Gasteiger partial charge in [0.25, 0.3) is 5.91 Å². The average molecular weight is 308 g/mol. The van der Waals surface area contributed by atoms with Gasteiger partial charge in [-0.05, 0) is 17.7 Å². The van der Waals surface area contributed by atoms with Gasteiger partial charge in [0.05, 0.1) is 11.8 Å². The normalized spacial score (nSPS) is 11.9. The maximum Gasteiger partial charge on any atom is 0.433 e. The molecule has 0 radical (unpaired) electrons. The van der Waals surface area contributed by atoms with Crippen LogP contribution in [0.2, 0.25) is 0 Å². The number of carbonyl (C=O) groups excluding carboxylic acids is 1. The fraction of sp³-hybridized carbons (Fsp3) is 0.154. The minimum absolute atomic E-state index is 0.158. The number of anilines is 1. The highest BCUT2D eigenvalue weighted by Gasteiger charge is 2.18. The molecule has 0 saturated heterocycles. The predicted molar refractivity (Wildman–Crippen MR) is 77.5 cm³/mol. The first-order chi connectivity index (χ1) is 9.97. The highest BCUT2D eigenvalue weighted by atomic mass is 32.2. The minimum atomic E-state index is -1.05. The quantitative estimate of drug-likeness (QED) is 0.674. The average Bonchev–Trinajstić information content (AvgIpc) is 2.90. The van der Waals surface area contributed by atoms with E-state index in [-0.39, 0.29) is 5.76 Å². The van der Waals surface area contributed by atoms with Gasteiger partial charge in [-0.3, -0.25) is 19.1 Å². The maximum absolute atomic E-state index is 12.0. The number of furan rings is 1. The van der Waals surface area contributed by atoms with Crippen molar-refractivity contribution in [3.8, 4) is 0 Å². The van der Waals surface area contributed by atoms with E-state index in [1.807, 2.05) is 0 Å². The van der Waals surface area contributed by atoms with Crippen LogP contribution in [0.3, 0.4) is 0 Å². The number of nitrogens with one attached hydrogen (secondary N) is 1. The van der Waals surface area contributed by atoms with Crippen molar-refractivity contribution < 1.29 is 18.3 Å². The molecule has 0 spiro atoms. The van der Waals surface area contributed by atoms with Crippen molar-refractivity contribution in [2.45, 2.75) is 5.75 Å². The Kier molecular flexibility index (Phi) is 4.49. The van der Waals surface area contributed by atoms with Crippen LogP contribution in [0.25, 0.3) is 0 Å². The number of benzene rings is 1. The molecule has 8 heteroatoms. The van der Waals surface area contributed by atoms with Crippen molar-refractivity contribution in [2.24, 2.45) is 0 Å².